The molecule has 0 aliphatic rings. The minimum atomic E-state index is -0.934. The summed E-state index contributed by atoms with van der Waals surface area (Å²) in [5.74, 6) is -1.23. The van der Waals surface area contributed by atoms with Crippen LogP contribution >= 0.6 is 0 Å². The molecule has 0 radical (unpaired) electrons. The maximum Gasteiger partial charge on any atom is 0.269 e. The summed E-state index contributed by atoms with van der Waals surface area (Å²) in [5, 5.41) is 13.2. The van der Waals surface area contributed by atoms with Gasteiger partial charge < -0.3 is 11.1 Å². The minimum absolute atomic E-state index is 0.0239. The number of nitrogens with one attached hydrogen (secondary N) is 1. The monoisotopic (exact) mass is 321 g/mol. The van der Waals surface area contributed by atoms with Crippen molar-refractivity contribution in [3.63, 3.8) is 0 Å². The van der Waals surface area contributed by atoms with Crippen molar-refractivity contribution in [3.05, 3.63) is 39.9 Å². The molecule has 8 nitrogen and oxygen atoms in total. The molecule has 0 saturated carbocycles. The van der Waals surface area contributed by atoms with Gasteiger partial charge in [-0.1, -0.05) is 19.1 Å². The first kappa shape index (κ1) is 18.3. The molecule has 0 aromatic heterocycles. The summed E-state index contributed by atoms with van der Waals surface area (Å²) in [5.41, 5.74) is 5.55. The molecule has 0 unspecified atom stereocenters. The van der Waals surface area contributed by atoms with Gasteiger partial charge in [0.2, 0.25) is 11.8 Å². The maximum atomic E-state index is 11.9. The summed E-state index contributed by atoms with van der Waals surface area (Å²) >= 11 is 0. The molecule has 3 N–H and O–H groups in total. The summed E-state index contributed by atoms with van der Waals surface area (Å²) < 4.78 is 0. The van der Waals surface area contributed by atoms with E-state index >= 15 is 0 Å². The number of nitrogens with two attached hydrogens (primary N) is 1. The van der Waals surface area contributed by atoms with Gasteiger partial charge in [0, 0.05) is 25.0 Å². The van der Waals surface area contributed by atoms with E-state index in [1.807, 2.05) is 0 Å². The Bertz CT molecular complexity index is 615. The minimum Gasteiger partial charge on any atom is -0.368 e. The Balaban J connectivity index is 2.65. The molecular weight excluding hydrogens is 302 g/mol. The van der Waals surface area contributed by atoms with E-state index in [0.29, 0.717) is 12.0 Å². The number of ketones is 1. The molecule has 1 aromatic rings. The Hall–Kier alpha value is -2.77. The van der Waals surface area contributed by atoms with Crippen LogP contribution in [0.5, 0.6) is 0 Å². The van der Waals surface area contributed by atoms with Crippen molar-refractivity contribution < 1.29 is 19.3 Å². The van der Waals surface area contributed by atoms with Crippen LogP contribution in [0.25, 0.3) is 0 Å². The molecule has 1 atom stereocenters. The third kappa shape index (κ3) is 6.25. The topological polar surface area (TPSA) is 132 Å². The molecule has 1 rings (SSSR count). The molecule has 0 aliphatic carbocycles. The zero-order valence-corrected chi connectivity index (χ0v) is 12.8. The number of hydrogen-bond donors (Lipinski definition) is 2. The third-order valence-electron chi connectivity index (χ3n) is 3.27. The maximum absolute atomic E-state index is 11.9. The summed E-state index contributed by atoms with van der Waals surface area (Å²) in [6.07, 6.45) is 0.532. The lowest BCUT2D eigenvalue weighted by molar-refractivity contribution is -0.384. The lowest BCUT2D eigenvalue weighted by Gasteiger charge is -2.15. The van der Waals surface area contributed by atoms with Crippen LogP contribution in [0, 0.1) is 10.1 Å². The highest BCUT2D eigenvalue weighted by Crippen LogP contribution is 2.13. The number of carbonyl (C=O) groups excluding carboxylic acids is 3. The van der Waals surface area contributed by atoms with Crippen molar-refractivity contribution in [1.29, 1.82) is 0 Å². The van der Waals surface area contributed by atoms with Crippen molar-refractivity contribution in [2.24, 2.45) is 5.73 Å². The van der Waals surface area contributed by atoms with Gasteiger partial charge in [0.1, 0.15) is 11.8 Å². The van der Waals surface area contributed by atoms with Gasteiger partial charge >= 0.3 is 0 Å². The molecule has 1 aromatic carbocycles. The van der Waals surface area contributed by atoms with Gasteiger partial charge in [-0.3, -0.25) is 24.5 Å². The van der Waals surface area contributed by atoms with E-state index in [4.69, 9.17) is 5.73 Å². The number of nitro groups is 1. The van der Waals surface area contributed by atoms with Gasteiger partial charge in [-0.25, -0.2) is 0 Å². The Morgan fingerprint density at radius 2 is 2.04 bits per heavy atom. The van der Waals surface area contributed by atoms with E-state index in [9.17, 15) is 24.5 Å². The highest BCUT2D eigenvalue weighted by Gasteiger charge is 2.19. The Morgan fingerprint density at radius 1 is 1.35 bits per heavy atom. The van der Waals surface area contributed by atoms with E-state index in [1.165, 1.54) is 18.2 Å². The van der Waals surface area contributed by atoms with Gasteiger partial charge in [-0.05, 0) is 12.0 Å². The van der Waals surface area contributed by atoms with E-state index in [2.05, 4.69) is 5.32 Å². The van der Waals surface area contributed by atoms with E-state index in [0.717, 1.165) is 0 Å². The Morgan fingerprint density at radius 3 is 2.61 bits per heavy atom. The molecule has 0 spiro atoms. The van der Waals surface area contributed by atoms with Gasteiger partial charge in [0.05, 0.1) is 11.3 Å². The second-order valence-corrected chi connectivity index (χ2v) is 5.06. The molecule has 0 fully saturated rings. The Labute approximate surface area is 133 Å². The number of carbonyl (C=O) groups is 3. The van der Waals surface area contributed by atoms with Gasteiger partial charge in [0.25, 0.3) is 5.69 Å². The van der Waals surface area contributed by atoms with Crippen LogP contribution in [-0.2, 0) is 20.8 Å². The highest BCUT2D eigenvalue weighted by molar-refractivity contribution is 5.88. The fourth-order valence-electron chi connectivity index (χ4n) is 1.98. The van der Waals surface area contributed by atoms with Crippen LogP contribution < -0.4 is 11.1 Å². The number of rotatable bonds is 9. The number of primary amides is 1. The smallest absolute Gasteiger partial charge is 0.269 e. The van der Waals surface area contributed by atoms with Gasteiger partial charge in [-0.15, -0.1) is 0 Å². The first-order valence-electron chi connectivity index (χ1n) is 7.17. The van der Waals surface area contributed by atoms with Gasteiger partial charge in [0.15, 0.2) is 0 Å². The molecule has 2 amide bonds. The molecule has 124 valence electrons. The van der Waals surface area contributed by atoms with Crippen LogP contribution in [-0.4, -0.2) is 28.6 Å². The highest BCUT2D eigenvalue weighted by atomic mass is 16.6. The molecule has 0 aliphatic heterocycles. The van der Waals surface area contributed by atoms with E-state index < -0.39 is 22.8 Å². The van der Waals surface area contributed by atoms with Crippen LogP contribution in [0.15, 0.2) is 24.3 Å². The normalized spacial score (nSPS) is 11.5. The van der Waals surface area contributed by atoms with Crippen LogP contribution in [0.1, 0.15) is 31.7 Å². The predicted molar refractivity (Wildman–Crippen MR) is 82.5 cm³/mol. The second kappa shape index (κ2) is 8.62. The standard InChI is InChI=1S/C15H19N3O5/c1-2-12(19)6-7-13(15(16)21)17-14(20)9-10-4-3-5-11(8-10)18(22)23/h3-5,8,13H,2,6-7,9H2,1H3,(H2,16,21)(H,17,20)/t13-/m0/s1. The first-order chi connectivity index (χ1) is 10.8. The lowest BCUT2D eigenvalue weighted by atomic mass is 10.1. The molecule has 0 heterocycles. The predicted octanol–water partition coefficient (Wildman–Crippen LogP) is 0.867. The molecule has 23 heavy (non-hydrogen) atoms. The van der Waals surface area contributed by atoms with E-state index in [1.54, 1.807) is 13.0 Å². The van der Waals surface area contributed by atoms with E-state index in [-0.39, 0.29) is 30.7 Å². The quantitative estimate of drug-likeness (QED) is 0.514. The number of hydrogen-bond acceptors (Lipinski definition) is 5. The van der Waals surface area contributed by atoms with Crippen molar-refractivity contribution in [3.8, 4) is 0 Å². The first-order valence-corrected chi connectivity index (χ1v) is 7.17. The number of Topliss-reactive ketones (excluding diaryl/α,β-unsaturated/α-hetero) is 1. The third-order valence-corrected chi connectivity index (χ3v) is 3.27. The van der Waals surface area contributed by atoms with Crippen LogP contribution in [0.2, 0.25) is 0 Å². The van der Waals surface area contributed by atoms with Crippen molar-refractivity contribution >= 4 is 23.3 Å². The fourth-order valence-corrected chi connectivity index (χ4v) is 1.98. The average molecular weight is 321 g/mol. The average Bonchev–Trinajstić information content (AvgIpc) is 2.50. The summed E-state index contributed by atoms with van der Waals surface area (Å²) in [7, 11) is 0. The fraction of sp³-hybridized carbons (Fsp3) is 0.400. The zero-order chi connectivity index (χ0) is 17.4. The summed E-state index contributed by atoms with van der Waals surface area (Å²) in [6, 6.07) is 4.74. The number of amides is 2. The zero-order valence-electron chi connectivity index (χ0n) is 12.8. The number of benzene rings is 1. The molecule has 0 saturated heterocycles. The Kier molecular flexibility index (Phi) is 6.85. The summed E-state index contributed by atoms with van der Waals surface area (Å²) in [6.45, 7) is 1.71. The number of nitro benzene ring substituents is 1. The SMILES string of the molecule is CCC(=O)CC[C@H](NC(=O)Cc1cccc([N+](=O)[O-])c1)C(N)=O. The summed E-state index contributed by atoms with van der Waals surface area (Å²) in [4.78, 5) is 44.7. The van der Waals surface area contributed by atoms with Crippen molar-refractivity contribution in [2.75, 3.05) is 0 Å². The largest absolute Gasteiger partial charge is 0.368 e. The molecular formula is C15H19N3O5. The second-order valence-electron chi connectivity index (χ2n) is 5.06. The molecule has 8 heteroatoms. The van der Waals surface area contributed by atoms with Crippen molar-refractivity contribution in [1.82, 2.24) is 5.32 Å². The van der Waals surface area contributed by atoms with Gasteiger partial charge in [-0.2, -0.15) is 0 Å². The van der Waals surface area contributed by atoms with Crippen molar-refractivity contribution in [2.45, 2.75) is 38.6 Å². The number of nitrogens with zero attached hydrogens (tertiary/aromatic N) is 1. The van der Waals surface area contributed by atoms with Crippen LogP contribution in [0.4, 0.5) is 5.69 Å². The number of non-ortho nitro benzene ring substituents is 1. The van der Waals surface area contributed by atoms with Crippen LogP contribution in [0.3, 0.4) is 0 Å². The lowest BCUT2D eigenvalue weighted by Crippen LogP contribution is -2.45. The molecule has 0 bridgehead atoms.